The third kappa shape index (κ3) is 4.84. The largest absolute Gasteiger partial charge is 0.497 e. The minimum absolute atomic E-state index is 0.277. The van der Waals surface area contributed by atoms with Crippen molar-refractivity contribution in [2.45, 2.75) is 27.2 Å². The minimum atomic E-state index is -3.62. The van der Waals surface area contributed by atoms with E-state index in [4.69, 9.17) is 4.74 Å². The van der Waals surface area contributed by atoms with E-state index >= 15 is 0 Å². The number of anilines is 1. The van der Waals surface area contributed by atoms with E-state index in [-0.39, 0.29) is 4.91 Å². The molecule has 0 spiro atoms. The molecule has 0 amide bonds. The second-order valence-electron chi connectivity index (χ2n) is 7.29. The number of aliphatic imine (C=N–C) groups is 1. The Kier molecular flexibility index (Phi) is 6.82. The molecule has 160 valence electrons. The predicted molar refractivity (Wildman–Crippen MR) is 124 cm³/mol. The maximum absolute atomic E-state index is 12.7. The molecule has 2 aromatic rings. The van der Waals surface area contributed by atoms with Crippen LogP contribution >= 0.6 is 0 Å². The Morgan fingerprint density at radius 1 is 1.10 bits per heavy atom. The van der Waals surface area contributed by atoms with Crippen molar-refractivity contribution in [2.24, 2.45) is 4.99 Å². The first kappa shape index (κ1) is 21.9. The topological polar surface area (TPSA) is 71.0 Å². The van der Waals surface area contributed by atoms with Crippen molar-refractivity contribution < 1.29 is 13.2 Å². The van der Waals surface area contributed by atoms with Gasteiger partial charge in [-0.1, -0.05) is 12.1 Å². The van der Waals surface area contributed by atoms with Crippen LogP contribution in [0.2, 0.25) is 0 Å². The van der Waals surface area contributed by atoms with E-state index in [2.05, 4.69) is 52.7 Å². The maximum atomic E-state index is 12.7. The molecule has 6 nitrogen and oxygen atoms in total. The van der Waals surface area contributed by atoms with E-state index in [0.29, 0.717) is 29.3 Å². The fourth-order valence-electron chi connectivity index (χ4n) is 3.58. The lowest BCUT2D eigenvalue weighted by Crippen LogP contribution is -2.26. The van der Waals surface area contributed by atoms with Gasteiger partial charge in [0.2, 0.25) is 0 Å². The Balaban J connectivity index is 1.70. The Labute approximate surface area is 179 Å². The first-order chi connectivity index (χ1) is 14.4. The smallest absolute Gasteiger partial charge is 0.264 e. The molecule has 0 saturated carbocycles. The number of sulfonamides is 1. The van der Waals surface area contributed by atoms with E-state index < -0.39 is 10.0 Å². The number of benzene rings is 2. The van der Waals surface area contributed by atoms with Gasteiger partial charge >= 0.3 is 0 Å². The lowest BCUT2D eigenvalue weighted by atomic mass is 10.1. The van der Waals surface area contributed by atoms with Gasteiger partial charge in [-0.15, -0.1) is 0 Å². The zero-order chi connectivity index (χ0) is 21.7. The van der Waals surface area contributed by atoms with Crippen LogP contribution in [0.4, 0.5) is 5.69 Å². The van der Waals surface area contributed by atoms with Crippen molar-refractivity contribution in [1.29, 1.82) is 0 Å². The highest BCUT2D eigenvalue weighted by Gasteiger charge is 2.32. The number of amidine groups is 1. The molecular formula is C23H29N3O3S. The fourth-order valence-corrected chi connectivity index (χ4v) is 5.10. The first-order valence-corrected chi connectivity index (χ1v) is 11.6. The van der Waals surface area contributed by atoms with Crippen molar-refractivity contribution in [3.63, 3.8) is 0 Å². The molecular weight excluding hydrogens is 398 g/mol. The molecule has 1 aliphatic heterocycles. The van der Waals surface area contributed by atoms with E-state index in [0.717, 1.165) is 19.5 Å². The van der Waals surface area contributed by atoms with Crippen LogP contribution in [0.5, 0.6) is 5.75 Å². The summed E-state index contributed by atoms with van der Waals surface area (Å²) in [5.41, 5.74) is 3.71. The zero-order valence-electron chi connectivity index (χ0n) is 18.0. The summed E-state index contributed by atoms with van der Waals surface area (Å²) < 4.78 is 33.1. The molecule has 0 aliphatic carbocycles. The maximum Gasteiger partial charge on any atom is 0.264 e. The summed E-state index contributed by atoms with van der Waals surface area (Å²) in [5, 5.41) is 0. The standard InChI is InChI=1S/C23H29N3O3S/c1-5-26(20-9-6-8-17(2)16-20)15-7-14-24-23-18(3)22(30(27,28)25-23)19-10-12-21(29-4)13-11-19/h6,8-13,16H,5,7,14-15H2,1-4H3,(H,24,25). The summed E-state index contributed by atoms with van der Waals surface area (Å²) in [5.74, 6) is 1.11. The third-order valence-electron chi connectivity index (χ3n) is 5.15. The monoisotopic (exact) mass is 427 g/mol. The van der Waals surface area contributed by atoms with E-state index in [1.54, 1.807) is 38.3 Å². The predicted octanol–water partition coefficient (Wildman–Crippen LogP) is 3.98. The van der Waals surface area contributed by atoms with Gasteiger partial charge in [0.05, 0.1) is 7.11 Å². The number of nitrogens with zero attached hydrogens (tertiary/aromatic N) is 2. The normalized spacial score (nSPS) is 16.6. The summed E-state index contributed by atoms with van der Waals surface area (Å²) in [6.07, 6.45) is 0.832. The Bertz CT molecular complexity index is 1060. The molecule has 1 aliphatic rings. The van der Waals surface area contributed by atoms with Crippen molar-refractivity contribution >= 4 is 26.5 Å². The minimum Gasteiger partial charge on any atom is -0.497 e. The second-order valence-corrected chi connectivity index (χ2v) is 8.91. The Morgan fingerprint density at radius 2 is 1.83 bits per heavy atom. The van der Waals surface area contributed by atoms with Gasteiger partial charge < -0.3 is 9.64 Å². The van der Waals surface area contributed by atoms with Gasteiger partial charge in [-0.3, -0.25) is 9.71 Å². The quantitative estimate of drug-likeness (QED) is 0.647. The highest BCUT2D eigenvalue weighted by Crippen LogP contribution is 2.30. The lowest BCUT2D eigenvalue weighted by Gasteiger charge is -2.23. The number of aryl methyl sites for hydroxylation is 1. The number of hydrogen-bond donors (Lipinski definition) is 1. The van der Waals surface area contributed by atoms with Gasteiger partial charge in [0, 0.05) is 30.9 Å². The van der Waals surface area contributed by atoms with Crippen LogP contribution in [0.15, 0.2) is 59.1 Å². The lowest BCUT2D eigenvalue weighted by molar-refractivity contribution is 0.415. The van der Waals surface area contributed by atoms with Crippen molar-refractivity contribution in [3.8, 4) is 5.75 Å². The van der Waals surface area contributed by atoms with E-state index in [9.17, 15) is 8.42 Å². The number of rotatable bonds is 8. The Hall–Kier alpha value is -2.80. The van der Waals surface area contributed by atoms with Crippen molar-refractivity contribution in [3.05, 3.63) is 65.2 Å². The highest BCUT2D eigenvalue weighted by atomic mass is 32.2. The highest BCUT2D eigenvalue weighted by molar-refractivity contribution is 8.00. The molecule has 0 aromatic heterocycles. The molecule has 1 heterocycles. The molecule has 30 heavy (non-hydrogen) atoms. The van der Waals surface area contributed by atoms with Crippen LogP contribution in [-0.2, 0) is 10.0 Å². The van der Waals surface area contributed by atoms with Gasteiger partial charge in [-0.25, -0.2) is 8.42 Å². The van der Waals surface area contributed by atoms with Crippen molar-refractivity contribution in [2.75, 3.05) is 31.6 Å². The molecule has 0 saturated heterocycles. The van der Waals surface area contributed by atoms with Crippen LogP contribution in [-0.4, -0.2) is 41.0 Å². The zero-order valence-corrected chi connectivity index (χ0v) is 18.8. The first-order valence-electron chi connectivity index (χ1n) is 10.1. The van der Waals surface area contributed by atoms with Crippen LogP contribution in [0.25, 0.3) is 4.91 Å². The summed E-state index contributed by atoms with van der Waals surface area (Å²) in [6.45, 7) is 8.33. The molecule has 0 bridgehead atoms. The van der Waals surface area contributed by atoms with Crippen LogP contribution < -0.4 is 14.4 Å². The molecule has 3 rings (SSSR count). The van der Waals surface area contributed by atoms with Crippen LogP contribution in [0, 0.1) is 6.92 Å². The Morgan fingerprint density at radius 3 is 2.47 bits per heavy atom. The van der Waals surface area contributed by atoms with Gasteiger partial charge in [0.25, 0.3) is 10.0 Å². The van der Waals surface area contributed by atoms with E-state index in [1.165, 1.54) is 11.3 Å². The average Bonchev–Trinajstić information content (AvgIpc) is 2.96. The molecule has 7 heteroatoms. The summed E-state index contributed by atoms with van der Waals surface area (Å²) in [4.78, 5) is 7.12. The van der Waals surface area contributed by atoms with Gasteiger partial charge in [0.1, 0.15) is 16.5 Å². The van der Waals surface area contributed by atoms with Gasteiger partial charge in [-0.2, -0.15) is 0 Å². The van der Waals surface area contributed by atoms with Gasteiger partial charge in [-0.05, 0) is 74.7 Å². The van der Waals surface area contributed by atoms with E-state index in [1.807, 2.05) is 0 Å². The number of ether oxygens (including phenoxy) is 1. The molecule has 1 N–H and O–H groups in total. The third-order valence-corrected chi connectivity index (χ3v) is 6.69. The molecule has 0 atom stereocenters. The number of hydrogen-bond acceptors (Lipinski definition) is 5. The number of nitrogens with one attached hydrogen (secondary N) is 1. The summed E-state index contributed by atoms with van der Waals surface area (Å²) >= 11 is 0. The summed E-state index contributed by atoms with van der Waals surface area (Å²) in [6, 6.07) is 15.5. The second kappa shape index (κ2) is 9.34. The van der Waals surface area contributed by atoms with Crippen molar-refractivity contribution in [1.82, 2.24) is 4.72 Å². The molecule has 0 unspecified atom stereocenters. The summed E-state index contributed by atoms with van der Waals surface area (Å²) in [7, 11) is -2.04. The van der Waals surface area contributed by atoms with Crippen LogP contribution in [0.1, 0.15) is 31.4 Å². The SMILES string of the molecule is CCN(CCCN=C1NS(=O)(=O)C(c2ccc(OC)cc2)=C1C)c1cccc(C)c1. The van der Waals surface area contributed by atoms with Crippen LogP contribution in [0.3, 0.4) is 0 Å². The molecule has 2 aromatic carbocycles. The van der Waals surface area contributed by atoms with Gasteiger partial charge in [0.15, 0.2) is 0 Å². The average molecular weight is 428 g/mol. The number of methoxy groups -OCH3 is 1. The molecule has 0 fully saturated rings. The fraction of sp³-hybridized carbons (Fsp3) is 0.348. The molecule has 0 radical (unpaired) electrons.